The molecular formula is C12H26. The van der Waals surface area contributed by atoms with E-state index in [4.69, 9.17) is 0 Å². The highest BCUT2D eigenvalue weighted by molar-refractivity contribution is 4.78. The van der Waals surface area contributed by atoms with Crippen molar-refractivity contribution in [3.8, 4) is 0 Å². The van der Waals surface area contributed by atoms with Crippen molar-refractivity contribution in [3.63, 3.8) is 0 Å². The maximum atomic E-state index is 2.45. The second-order valence-corrected chi connectivity index (χ2v) is 5.16. The van der Waals surface area contributed by atoms with Crippen LogP contribution < -0.4 is 0 Å². The third-order valence-corrected chi connectivity index (χ3v) is 3.09. The maximum Gasteiger partial charge on any atom is -0.0300 e. The zero-order chi connectivity index (χ0) is 9.78. The molecule has 0 aromatic carbocycles. The number of hydrogen-bond donors (Lipinski definition) is 0. The number of rotatable bonds is 5. The Bertz CT molecular complexity index is 113. The van der Waals surface area contributed by atoms with E-state index in [2.05, 4.69) is 41.5 Å². The molecule has 0 spiro atoms. The van der Waals surface area contributed by atoms with E-state index in [0.29, 0.717) is 5.41 Å². The Morgan fingerprint density at radius 1 is 1.08 bits per heavy atom. The molecule has 0 saturated carbocycles. The Labute approximate surface area is 78.8 Å². The standard InChI is InChI=1S/C12H26/c1-7-8-12(6,11(4)5)9-10(2)3/h10-11H,7-9H2,1-6H3/t12-/m0/s1. The lowest BCUT2D eigenvalue weighted by atomic mass is 9.70. The SMILES string of the molecule is CCC[C@@](C)(CC(C)C)C(C)C. The van der Waals surface area contributed by atoms with Gasteiger partial charge in [-0.3, -0.25) is 0 Å². The van der Waals surface area contributed by atoms with Crippen LogP contribution in [0.2, 0.25) is 0 Å². The van der Waals surface area contributed by atoms with E-state index < -0.39 is 0 Å². The summed E-state index contributed by atoms with van der Waals surface area (Å²) >= 11 is 0. The summed E-state index contributed by atoms with van der Waals surface area (Å²) in [6.07, 6.45) is 4.07. The van der Waals surface area contributed by atoms with Gasteiger partial charge in [-0.15, -0.1) is 0 Å². The number of hydrogen-bond acceptors (Lipinski definition) is 0. The van der Waals surface area contributed by atoms with Crippen LogP contribution in [0.3, 0.4) is 0 Å². The molecule has 0 rings (SSSR count). The molecule has 0 nitrogen and oxygen atoms in total. The molecule has 0 radical (unpaired) electrons. The van der Waals surface area contributed by atoms with Gasteiger partial charge in [-0.1, -0.05) is 48.0 Å². The highest BCUT2D eigenvalue weighted by Gasteiger charge is 2.27. The van der Waals surface area contributed by atoms with Crippen molar-refractivity contribution in [1.82, 2.24) is 0 Å². The highest BCUT2D eigenvalue weighted by Crippen LogP contribution is 2.38. The van der Waals surface area contributed by atoms with E-state index in [0.717, 1.165) is 11.8 Å². The minimum absolute atomic E-state index is 0.572. The lowest BCUT2D eigenvalue weighted by Crippen LogP contribution is -2.25. The fourth-order valence-electron chi connectivity index (χ4n) is 2.13. The summed E-state index contributed by atoms with van der Waals surface area (Å²) in [5.41, 5.74) is 0.572. The molecule has 0 aliphatic rings. The minimum Gasteiger partial charge on any atom is -0.0654 e. The topological polar surface area (TPSA) is 0 Å². The predicted octanol–water partition coefficient (Wildman–Crippen LogP) is 4.49. The summed E-state index contributed by atoms with van der Waals surface area (Å²) < 4.78 is 0. The third kappa shape index (κ3) is 3.60. The first-order valence-corrected chi connectivity index (χ1v) is 5.42. The van der Waals surface area contributed by atoms with E-state index >= 15 is 0 Å². The van der Waals surface area contributed by atoms with Crippen molar-refractivity contribution in [2.24, 2.45) is 17.3 Å². The van der Waals surface area contributed by atoms with Crippen LogP contribution in [0.5, 0.6) is 0 Å². The van der Waals surface area contributed by atoms with Crippen LogP contribution in [0, 0.1) is 17.3 Å². The first-order valence-electron chi connectivity index (χ1n) is 5.42. The molecule has 0 aliphatic carbocycles. The highest BCUT2D eigenvalue weighted by atomic mass is 14.3. The smallest absolute Gasteiger partial charge is 0.0300 e. The minimum atomic E-state index is 0.572. The van der Waals surface area contributed by atoms with Gasteiger partial charge in [0.1, 0.15) is 0 Å². The molecule has 1 atom stereocenters. The average molecular weight is 170 g/mol. The van der Waals surface area contributed by atoms with Crippen LogP contribution in [-0.2, 0) is 0 Å². The predicted molar refractivity (Wildman–Crippen MR) is 57.3 cm³/mol. The monoisotopic (exact) mass is 170 g/mol. The van der Waals surface area contributed by atoms with Gasteiger partial charge in [0, 0.05) is 0 Å². The van der Waals surface area contributed by atoms with Crippen LogP contribution in [0.4, 0.5) is 0 Å². The Kier molecular flexibility index (Phi) is 4.89. The van der Waals surface area contributed by atoms with Gasteiger partial charge in [0.2, 0.25) is 0 Å². The summed E-state index contributed by atoms with van der Waals surface area (Å²) in [5.74, 6) is 1.66. The van der Waals surface area contributed by atoms with E-state index in [1.54, 1.807) is 0 Å². The second-order valence-electron chi connectivity index (χ2n) is 5.16. The van der Waals surface area contributed by atoms with Crippen molar-refractivity contribution < 1.29 is 0 Å². The molecule has 0 fully saturated rings. The summed E-state index contributed by atoms with van der Waals surface area (Å²) in [7, 11) is 0. The van der Waals surface area contributed by atoms with Crippen LogP contribution in [0.25, 0.3) is 0 Å². The van der Waals surface area contributed by atoms with Gasteiger partial charge < -0.3 is 0 Å². The zero-order valence-corrected chi connectivity index (χ0v) is 9.78. The molecule has 0 heteroatoms. The molecule has 0 amide bonds. The Morgan fingerprint density at radius 2 is 1.58 bits per heavy atom. The lowest BCUT2D eigenvalue weighted by molar-refractivity contribution is 0.155. The lowest BCUT2D eigenvalue weighted by Gasteiger charge is -2.35. The van der Waals surface area contributed by atoms with Crippen molar-refractivity contribution in [2.75, 3.05) is 0 Å². The van der Waals surface area contributed by atoms with Crippen LogP contribution >= 0.6 is 0 Å². The quantitative estimate of drug-likeness (QED) is 0.570. The first kappa shape index (κ1) is 12.0. The van der Waals surface area contributed by atoms with Crippen LogP contribution in [-0.4, -0.2) is 0 Å². The Balaban J connectivity index is 4.18. The Morgan fingerprint density at radius 3 is 1.83 bits per heavy atom. The van der Waals surface area contributed by atoms with Gasteiger partial charge in [-0.05, 0) is 30.1 Å². The molecule has 0 unspecified atom stereocenters. The summed E-state index contributed by atoms with van der Waals surface area (Å²) in [4.78, 5) is 0. The molecular weight excluding hydrogens is 144 g/mol. The maximum absolute atomic E-state index is 2.45. The fourth-order valence-corrected chi connectivity index (χ4v) is 2.13. The van der Waals surface area contributed by atoms with E-state index in [1.165, 1.54) is 19.3 Å². The third-order valence-electron chi connectivity index (χ3n) is 3.09. The van der Waals surface area contributed by atoms with Crippen molar-refractivity contribution in [2.45, 2.75) is 60.8 Å². The summed E-state index contributed by atoms with van der Waals surface area (Å²) in [6.45, 7) is 14.1. The van der Waals surface area contributed by atoms with Crippen LogP contribution in [0.15, 0.2) is 0 Å². The molecule has 12 heavy (non-hydrogen) atoms. The molecule has 0 aromatic rings. The molecule has 0 aliphatic heterocycles. The van der Waals surface area contributed by atoms with E-state index in [1.807, 2.05) is 0 Å². The molecule has 74 valence electrons. The Hall–Kier alpha value is 0. The van der Waals surface area contributed by atoms with Gasteiger partial charge in [-0.2, -0.15) is 0 Å². The normalized spacial score (nSPS) is 17.0. The average Bonchev–Trinajstić information content (AvgIpc) is 1.85. The van der Waals surface area contributed by atoms with Crippen molar-refractivity contribution >= 4 is 0 Å². The fraction of sp³-hybridized carbons (Fsp3) is 1.00. The molecule has 0 heterocycles. The summed E-state index contributed by atoms with van der Waals surface area (Å²) in [5, 5.41) is 0. The molecule has 0 saturated heterocycles. The zero-order valence-electron chi connectivity index (χ0n) is 9.78. The van der Waals surface area contributed by atoms with Gasteiger partial charge in [0.25, 0.3) is 0 Å². The molecule has 0 bridgehead atoms. The van der Waals surface area contributed by atoms with Gasteiger partial charge >= 0.3 is 0 Å². The van der Waals surface area contributed by atoms with E-state index in [9.17, 15) is 0 Å². The molecule has 0 N–H and O–H groups in total. The van der Waals surface area contributed by atoms with Gasteiger partial charge in [0.15, 0.2) is 0 Å². The van der Waals surface area contributed by atoms with Gasteiger partial charge in [-0.25, -0.2) is 0 Å². The first-order chi connectivity index (χ1) is 5.42. The second kappa shape index (κ2) is 4.89. The van der Waals surface area contributed by atoms with Crippen LogP contribution in [0.1, 0.15) is 60.8 Å². The van der Waals surface area contributed by atoms with Crippen molar-refractivity contribution in [1.29, 1.82) is 0 Å². The largest absolute Gasteiger partial charge is 0.0654 e. The van der Waals surface area contributed by atoms with E-state index in [-0.39, 0.29) is 0 Å². The van der Waals surface area contributed by atoms with Crippen molar-refractivity contribution in [3.05, 3.63) is 0 Å². The summed E-state index contributed by atoms with van der Waals surface area (Å²) in [6, 6.07) is 0. The van der Waals surface area contributed by atoms with Gasteiger partial charge in [0.05, 0.1) is 0 Å². The molecule has 0 aromatic heterocycles.